The molecule has 2 aromatic rings. The van der Waals surface area contributed by atoms with Gasteiger partial charge in [0.15, 0.2) is 11.6 Å². The highest BCUT2D eigenvalue weighted by molar-refractivity contribution is 7.12. The minimum absolute atomic E-state index is 0.0596. The van der Waals surface area contributed by atoms with Gasteiger partial charge in [0.1, 0.15) is 0 Å². The molecule has 17 heavy (non-hydrogen) atoms. The molecule has 0 bridgehead atoms. The Hall–Kier alpha value is -1.42. The molecular weight excluding hydrogens is 235 g/mol. The van der Waals surface area contributed by atoms with Gasteiger partial charge in [0.05, 0.1) is 6.04 Å². The normalized spacial score (nSPS) is 12.5. The fourth-order valence-electron chi connectivity index (χ4n) is 1.86. The summed E-state index contributed by atoms with van der Waals surface area (Å²) in [5, 5.41) is 3.10. The number of thiophene rings is 1. The highest BCUT2D eigenvalue weighted by atomic mass is 32.1. The Morgan fingerprint density at radius 3 is 2.76 bits per heavy atom. The van der Waals surface area contributed by atoms with E-state index in [1.165, 1.54) is 21.4 Å². The summed E-state index contributed by atoms with van der Waals surface area (Å²) in [5.41, 5.74) is 1.21. The maximum Gasteiger partial charge on any atom is 0.165 e. The van der Waals surface area contributed by atoms with Crippen molar-refractivity contribution in [3.63, 3.8) is 0 Å². The summed E-state index contributed by atoms with van der Waals surface area (Å²) in [4.78, 5) is 6.53. The number of aromatic nitrogens is 1. The van der Waals surface area contributed by atoms with Gasteiger partial charge in [0.25, 0.3) is 0 Å². The van der Waals surface area contributed by atoms with Crippen LogP contribution in [0.25, 0.3) is 0 Å². The maximum absolute atomic E-state index is 13.4. The van der Waals surface area contributed by atoms with Gasteiger partial charge < -0.3 is 5.32 Å². The van der Waals surface area contributed by atoms with Crippen molar-refractivity contribution >= 4 is 17.2 Å². The van der Waals surface area contributed by atoms with E-state index in [2.05, 4.69) is 30.2 Å². The van der Waals surface area contributed by atoms with Crippen molar-refractivity contribution in [1.82, 2.24) is 4.98 Å². The molecular formula is C13H15FN2S. The highest BCUT2D eigenvalue weighted by Crippen LogP contribution is 2.28. The van der Waals surface area contributed by atoms with Crippen LogP contribution in [0.5, 0.6) is 0 Å². The first kappa shape index (κ1) is 12.0. The number of anilines is 1. The first-order valence-electron chi connectivity index (χ1n) is 5.52. The van der Waals surface area contributed by atoms with Crippen LogP contribution in [0.4, 0.5) is 10.2 Å². The van der Waals surface area contributed by atoms with Gasteiger partial charge in [-0.3, -0.25) is 0 Å². The van der Waals surface area contributed by atoms with Gasteiger partial charge in [-0.2, -0.15) is 0 Å². The molecule has 1 unspecified atom stereocenters. The minimum Gasteiger partial charge on any atom is -0.361 e. The summed E-state index contributed by atoms with van der Waals surface area (Å²) in [5.74, 6) is -0.00722. The Kier molecular flexibility index (Phi) is 3.43. The second-order valence-electron chi connectivity index (χ2n) is 4.07. The lowest BCUT2D eigenvalue weighted by Crippen LogP contribution is -2.09. The van der Waals surface area contributed by atoms with Crippen LogP contribution < -0.4 is 5.32 Å². The second kappa shape index (κ2) is 4.84. The predicted molar refractivity (Wildman–Crippen MR) is 70.0 cm³/mol. The quantitative estimate of drug-likeness (QED) is 0.888. The Morgan fingerprint density at radius 2 is 2.18 bits per heavy atom. The molecule has 2 rings (SSSR count). The first-order valence-corrected chi connectivity index (χ1v) is 6.33. The van der Waals surface area contributed by atoms with Gasteiger partial charge in [-0.05, 0) is 44.5 Å². The summed E-state index contributed by atoms with van der Waals surface area (Å²) >= 11 is 1.76. The van der Waals surface area contributed by atoms with E-state index in [4.69, 9.17) is 0 Å². The topological polar surface area (TPSA) is 24.9 Å². The zero-order valence-corrected chi connectivity index (χ0v) is 10.9. The highest BCUT2D eigenvalue weighted by Gasteiger charge is 2.13. The third-order valence-electron chi connectivity index (χ3n) is 2.66. The third-order valence-corrected chi connectivity index (χ3v) is 3.64. The van der Waals surface area contributed by atoms with E-state index >= 15 is 0 Å². The lowest BCUT2D eigenvalue weighted by Gasteiger charge is -2.14. The number of pyridine rings is 1. The minimum atomic E-state index is -0.316. The molecule has 0 saturated heterocycles. The molecule has 2 nitrogen and oxygen atoms in total. The average Bonchev–Trinajstić information content (AvgIpc) is 2.61. The van der Waals surface area contributed by atoms with Crippen molar-refractivity contribution in [2.75, 3.05) is 5.32 Å². The summed E-state index contributed by atoms with van der Waals surface area (Å²) in [6.07, 6.45) is 1.59. The Bertz CT molecular complexity index is 522. The second-order valence-corrected chi connectivity index (χ2v) is 5.53. The van der Waals surface area contributed by atoms with Crippen LogP contribution in [0.1, 0.15) is 28.3 Å². The van der Waals surface area contributed by atoms with Crippen molar-refractivity contribution in [3.05, 3.63) is 45.5 Å². The predicted octanol–water partition coefficient (Wildman–Crippen LogP) is 4.07. The molecule has 2 heterocycles. The molecule has 0 aromatic carbocycles. The summed E-state index contributed by atoms with van der Waals surface area (Å²) in [6.45, 7) is 6.18. The summed E-state index contributed by atoms with van der Waals surface area (Å²) in [7, 11) is 0. The number of halogens is 1. The SMILES string of the molecule is Cc1cc(C(C)Nc2ncccc2F)c(C)s1. The zero-order chi connectivity index (χ0) is 12.4. The number of rotatable bonds is 3. The van der Waals surface area contributed by atoms with Crippen LogP contribution in [-0.4, -0.2) is 4.98 Å². The van der Waals surface area contributed by atoms with Gasteiger partial charge in [0, 0.05) is 16.0 Å². The fraction of sp³-hybridized carbons (Fsp3) is 0.308. The molecule has 4 heteroatoms. The molecule has 0 aliphatic carbocycles. The molecule has 1 atom stereocenters. The number of hydrogen-bond acceptors (Lipinski definition) is 3. The van der Waals surface area contributed by atoms with Gasteiger partial charge in [-0.1, -0.05) is 0 Å². The van der Waals surface area contributed by atoms with Crippen molar-refractivity contribution in [3.8, 4) is 0 Å². The van der Waals surface area contributed by atoms with Gasteiger partial charge in [0.2, 0.25) is 0 Å². The molecule has 1 N–H and O–H groups in total. The first-order chi connectivity index (χ1) is 8.08. The molecule has 0 radical (unpaired) electrons. The number of nitrogens with one attached hydrogen (secondary N) is 1. The average molecular weight is 250 g/mol. The molecule has 0 amide bonds. The largest absolute Gasteiger partial charge is 0.361 e. The van der Waals surface area contributed by atoms with E-state index in [0.29, 0.717) is 5.82 Å². The number of nitrogens with zero attached hydrogens (tertiary/aromatic N) is 1. The van der Waals surface area contributed by atoms with Crippen LogP contribution in [0.15, 0.2) is 24.4 Å². The van der Waals surface area contributed by atoms with Gasteiger partial charge >= 0.3 is 0 Å². The van der Waals surface area contributed by atoms with E-state index in [1.807, 2.05) is 6.92 Å². The number of hydrogen-bond donors (Lipinski definition) is 1. The van der Waals surface area contributed by atoms with E-state index in [-0.39, 0.29) is 11.9 Å². The third kappa shape index (κ3) is 2.64. The van der Waals surface area contributed by atoms with Crippen molar-refractivity contribution in [2.24, 2.45) is 0 Å². The number of aryl methyl sites for hydroxylation is 2. The molecule has 0 spiro atoms. The molecule has 0 aliphatic heterocycles. The fourth-order valence-corrected chi connectivity index (χ4v) is 2.88. The molecule has 0 fully saturated rings. The monoisotopic (exact) mass is 250 g/mol. The van der Waals surface area contributed by atoms with E-state index in [0.717, 1.165) is 0 Å². The van der Waals surface area contributed by atoms with Gasteiger partial charge in [-0.25, -0.2) is 9.37 Å². The molecule has 0 aliphatic rings. The van der Waals surface area contributed by atoms with Crippen LogP contribution in [0, 0.1) is 19.7 Å². The zero-order valence-electron chi connectivity index (χ0n) is 10.1. The Morgan fingerprint density at radius 1 is 1.41 bits per heavy atom. The van der Waals surface area contributed by atoms with Crippen molar-refractivity contribution < 1.29 is 4.39 Å². The lowest BCUT2D eigenvalue weighted by atomic mass is 10.1. The Balaban J connectivity index is 2.20. The van der Waals surface area contributed by atoms with Crippen molar-refractivity contribution in [1.29, 1.82) is 0 Å². The van der Waals surface area contributed by atoms with Gasteiger partial charge in [-0.15, -0.1) is 11.3 Å². The smallest absolute Gasteiger partial charge is 0.165 e. The van der Waals surface area contributed by atoms with Crippen LogP contribution >= 0.6 is 11.3 Å². The van der Waals surface area contributed by atoms with E-state index in [1.54, 1.807) is 23.6 Å². The molecule has 2 aromatic heterocycles. The standard InChI is InChI=1S/C13H15FN2S/c1-8-7-11(10(3)17-8)9(2)16-13-12(14)5-4-6-15-13/h4-7,9H,1-3H3,(H,15,16). The summed E-state index contributed by atoms with van der Waals surface area (Å²) in [6, 6.07) is 5.20. The van der Waals surface area contributed by atoms with Crippen molar-refractivity contribution in [2.45, 2.75) is 26.8 Å². The lowest BCUT2D eigenvalue weighted by molar-refractivity contribution is 0.621. The van der Waals surface area contributed by atoms with E-state index in [9.17, 15) is 4.39 Å². The van der Waals surface area contributed by atoms with E-state index < -0.39 is 0 Å². The Labute approximate surface area is 105 Å². The van der Waals surface area contributed by atoms with Crippen LogP contribution in [-0.2, 0) is 0 Å². The molecule has 90 valence electrons. The maximum atomic E-state index is 13.4. The summed E-state index contributed by atoms with van der Waals surface area (Å²) < 4.78 is 13.4. The molecule has 0 saturated carbocycles. The van der Waals surface area contributed by atoms with Crippen LogP contribution in [0.2, 0.25) is 0 Å². The van der Waals surface area contributed by atoms with Crippen LogP contribution in [0.3, 0.4) is 0 Å².